The zero-order chi connectivity index (χ0) is 18.8. The number of hydrogen-bond donors (Lipinski definition) is 1. The van der Waals surface area contributed by atoms with Crippen molar-refractivity contribution in [1.29, 1.82) is 0 Å². The molecule has 2 aromatic heterocycles. The Morgan fingerprint density at radius 3 is 2.69 bits per heavy atom. The highest BCUT2D eigenvalue weighted by Gasteiger charge is 2.18. The van der Waals surface area contributed by atoms with Gasteiger partial charge in [0, 0.05) is 43.0 Å². The first-order chi connectivity index (χ1) is 12.4. The van der Waals surface area contributed by atoms with Crippen LogP contribution in [0.4, 0.5) is 0 Å². The molecule has 0 unspecified atom stereocenters. The Morgan fingerprint density at radius 1 is 1.31 bits per heavy atom. The number of aromatic nitrogens is 4. The van der Waals surface area contributed by atoms with Crippen LogP contribution in [0.2, 0.25) is 0 Å². The van der Waals surface area contributed by atoms with Crippen molar-refractivity contribution in [2.45, 2.75) is 46.8 Å². The van der Waals surface area contributed by atoms with Crippen LogP contribution in [0, 0.1) is 0 Å². The first-order valence-corrected chi connectivity index (χ1v) is 8.99. The number of benzene rings is 1. The molecule has 0 radical (unpaired) electrons. The molecule has 0 atom stereocenters. The average molecular weight is 355 g/mol. The molecule has 2 heterocycles. The number of imidazole rings is 1. The van der Waals surface area contributed by atoms with Gasteiger partial charge in [-0.25, -0.2) is 4.79 Å². The summed E-state index contributed by atoms with van der Waals surface area (Å²) in [4.78, 5) is 29.7. The Morgan fingerprint density at radius 2 is 2.08 bits per heavy atom. The van der Waals surface area contributed by atoms with E-state index in [0.717, 1.165) is 23.1 Å². The van der Waals surface area contributed by atoms with Gasteiger partial charge in [-0.05, 0) is 45.9 Å². The molecule has 0 saturated heterocycles. The van der Waals surface area contributed by atoms with Crippen molar-refractivity contribution in [1.82, 2.24) is 24.2 Å². The van der Waals surface area contributed by atoms with Gasteiger partial charge in [-0.15, -0.1) is 0 Å². The fourth-order valence-electron chi connectivity index (χ4n) is 3.16. The molecule has 26 heavy (non-hydrogen) atoms. The molecule has 0 saturated carbocycles. The molecule has 7 heteroatoms. The van der Waals surface area contributed by atoms with Crippen molar-refractivity contribution in [3.05, 3.63) is 52.2 Å². The van der Waals surface area contributed by atoms with Crippen LogP contribution < -0.4 is 5.69 Å². The van der Waals surface area contributed by atoms with Crippen LogP contribution in [0.15, 0.2) is 35.4 Å². The molecular weight excluding hydrogens is 330 g/mol. The summed E-state index contributed by atoms with van der Waals surface area (Å²) in [6.45, 7) is 9.80. The van der Waals surface area contributed by atoms with Gasteiger partial charge in [-0.2, -0.15) is 5.10 Å². The van der Waals surface area contributed by atoms with Crippen molar-refractivity contribution < 1.29 is 4.79 Å². The highest BCUT2D eigenvalue weighted by Crippen LogP contribution is 2.18. The summed E-state index contributed by atoms with van der Waals surface area (Å²) < 4.78 is 3.52. The van der Waals surface area contributed by atoms with Gasteiger partial charge in [-0.3, -0.25) is 14.0 Å². The summed E-state index contributed by atoms with van der Waals surface area (Å²) in [7, 11) is 0. The molecule has 3 rings (SSSR count). The highest BCUT2D eigenvalue weighted by molar-refractivity contribution is 5.97. The lowest BCUT2D eigenvalue weighted by molar-refractivity contribution is 0.0752. The number of fused-ring (bicyclic) bond motifs is 1. The Balaban J connectivity index is 1.91. The van der Waals surface area contributed by atoms with Crippen molar-refractivity contribution in [2.75, 3.05) is 6.54 Å². The summed E-state index contributed by atoms with van der Waals surface area (Å²) in [5.41, 5.74) is 2.93. The van der Waals surface area contributed by atoms with Crippen LogP contribution in [-0.2, 0) is 13.1 Å². The van der Waals surface area contributed by atoms with Gasteiger partial charge in [0.15, 0.2) is 0 Å². The maximum Gasteiger partial charge on any atom is 0.326 e. The van der Waals surface area contributed by atoms with E-state index in [0.29, 0.717) is 18.7 Å². The normalized spacial score (nSPS) is 11.4. The molecule has 1 amide bonds. The maximum atomic E-state index is 13.0. The molecule has 1 aromatic carbocycles. The van der Waals surface area contributed by atoms with Crippen LogP contribution in [0.1, 0.15) is 49.7 Å². The summed E-state index contributed by atoms with van der Waals surface area (Å²) in [5.74, 6) is -0.0531. The number of hydrogen-bond acceptors (Lipinski definition) is 3. The smallest absolute Gasteiger partial charge is 0.326 e. The number of rotatable bonds is 6. The monoisotopic (exact) mass is 355 g/mol. The molecule has 0 fully saturated rings. The number of nitrogens with one attached hydrogen (secondary N) is 1. The van der Waals surface area contributed by atoms with E-state index in [1.165, 1.54) is 0 Å². The fourth-order valence-corrected chi connectivity index (χ4v) is 3.16. The molecule has 138 valence electrons. The molecule has 0 bridgehead atoms. The van der Waals surface area contributed by atoms with E-state index in [-0.39, 0.29) is 17.6 Å². The number of H-pyrrole nitrogens is 1. The molecular formula is C19H25N5O2. The predicted molar refractivity (Wildman–Crippen MR) is 101 cm³/mol. The lowest BCUT2D eigenvalue weighted by atomic mass is 10.1. The molecule has 0 aliphatic heterocycles. The first-order valence-electron chi connectivity index (χ1n) is 8.99. The number of nitrogens with zero attached hydrogens (tertiary/aromatic N) is 4. The third kappa shape index (κ3) is 3.29. The second kappa shape index (κ2) is 7.19. The van der Waals surface area contributed by atoms with Crippen LogP contribution in [0.3, 0.4) is 0 Å². The van der Waals surface area contributed by atoms with Crippen molar-refractivity contribution >= 4 is 16.9 Å². The minimum Gasteiger partial charge on any atom is -0.334 e. The van der Waals surface area contributed by atoms with E-state index in [9.17, 15) is 9.59 Å². The lowest BCUT2D eigenvalue weighted by Gasteiger charge is -2.20. The van der Waals surface area contributed by atoms with Crippen LogP contribution >= 0.6 is 0 Å². The number of carbonyl (C=O) groups is 1. The molecule has 0 spiro atoms. The third-order valence-electron chi connectivity index (χ3n) is 4.53. The minimum atomic E-state index is -0.154. The zero-order valence-electron chi connectivity index (χ0n) is 15.7. The quantitative estimate of drug-likeness (QED) is 0.739. The van der Waals surface area contributed by atoms with E-state index >= 15 is 0 Å². The zero-order valence-corrected chi connectivity index (χ0v) is 15.7. The van der Waals surface area contributed by atoms with Gasteiger partial charge in [0.1, 0.15) is 0 Å². The Hall–Kier alpha value is -2.83. The van der Waals surface area contributed by atoms with E-state index in [1.807, 2.05) is 38.6 Å². The van der Waals surface area contributed by atoms with Gasteiger partial charge < -0.3 is 9.88 Å². The number of amides is 1. The fraction of sp³-hybridized carbons (Fsp3) is 0.421. The molecule has 0 aliphatic rings. The van der Waals surface area contributed by atoms with E-state index in [4.69, 9.17) is 0 Å². The van der Waals surface area contributed by atoms with Crippen molar-refractivity contribution in [2.24, 2.45) is 0 Å². The molecule has 1 N–H and O–H groups in total. The number of carbonyl (C=O) groups excluding carboxylic acids is 1. The average Bonchev–Trinajstić information content (AvgIpc) is 3.21. The van der Waals surface area contributed by atoms with Crippen LogP contribution in [0.25, 0.3) is 11.0 Å². The topological polar surface area (TPSA) is 75.9 Å². The Kier molecular flexibility index (Phi) is 4.97. The van der Waals surface area contributed by atoms with Crippen molar-refractivity contribution in [3.8, 4) is 0 Å². The highest BCUT2D eigenvalue weighted by atomic mass is 16.2. The Labute approximate surface area is 152 Å². The van der Waals surface area contributed by atoms with Gasteiger partial charge in [0.05, 0.1) is 17.2 Å². The lowest BCUT2D eigenvalue weighted by Crippen LogP contribution is -2.30. The van der Waals surface area contributed by atoms with Gasteiger partial charge in [0.2, 0.25) is 0 Å². The molecule has 0 aliphatic carbocycles. The van der Waals surface area contributed by atoms with Gasteiger partial charge >= 0.3 is 5.69 Å². The number of aromatic amines is 1. The summed E-state index contributed by atoms with van der Waals surface area (Å²) in [6, 6.07) is 5.38. The van der Waals surface area contributed by atoms with Gasteiger partial charge in [0.25, 0.3) is 5.91 Å². The third-order valence-corrected chi connectivity index (χ3v) is 4.53. The second-order valence-corrected chi connectivity index (χ2v) is 6.65. The number of aryl methyl sites for hydroxylation is 1. The van der Waals surface area contributed by atoms with E-state index in [2.05, 4.69) is 10.1 Å². The summed E-state index contributed by atoms with van der Waals surface area (Å²) in [5, 5.41) is 4.27. The van der Waals surface area contributed by atoms with Gasteiger partial charge in [-0.1, -0.05) is 0 Å². The SMILES string of the molecule is CCN(Cc1cnn(CC)c1)C(=O)c1ccc2[nH]c(=O)n(C(C)C)c2c1. The standard InChI is InChI=1S/C19H25N5O2/c1-5-22(11-14-10-20-23(6-2)12-14)18(25)15-7-8-16-17(9-15)24(13(3)4)19(26)21-16/h7-10,12-13H,5-6,11H2,1-4H3,(H,21,26). The van der Waals surface area contributed by atoms with Crippen LogP contribution in [-0.4, -0.2) is 36.7 Å². The summed E-state index contributed by atoms with van der Waals surface area (Å²) >= 11 is 0. The summed E-state index contributed by atoms with van der Waals surface area (Å²) in [6.07, 6.45) is 3.76. The van der Waals surface area contributed by atoms with Crippen LogP contribution in [0.5, 0.6) is 0 Å². The second-order valence-electron chi connectivity index (χ2n) is 6.65. The minimum absolute atomic E-state index is 0.0174. The molecule has 3 aromatic rings. The van der Waals surface area contributed by atoms with E-state index in [1.54, 1.807) is 33.9 Å². The van der Waals surface area contributed by atoms with E-state index < -0.39 is 0 Å². The maximum absolute atomic E-state index is 13.0. The largest absolute Gasteiger partial charge is 0.334 e. The molecule has 7 nitrogen and oxygen atoms in total. The first kappa shape index (κ1) is 18.0. The van der Waals surface area contributed by atoms with Crippen molar-refractivity contribution in [3.63, 3.8) is 0 Å². The predicted octanol–water partition coefficient (Wildman–Crippen LogP) is 2.79. The Bertz CT molecular complexity index is 979.